The maximum Gasteiger partial charge on any atom is 0.289 e. The van der Waals surface area contributed by atoms with Crippen LogP contribution in [0.1, 0.15) is 15.9 Å². The maximum atomic E-state index is 12.5. The fourth-order valence-electron chi connectivity index (χ4n) is 2.27. The van der Waals surface area contributed by atoms with Gasteiger partial charge in [0.15, 0.2) is 10.7 Å². The lowest BCUT2D eigenvalue weighted by Crippen LogP contribution is -2.21. The van der Waals surface area contributed by atoms with Crippen molar-refractivity contribution in [3.8, 4) is 0 Å². The van der Waals surface area contributed by atoms with Gasteiger partial charge in [-0.3, -0.25) is 14.9 Å². The Bertz CT molecular complexity index is 870. The van der Waals surface area contributed by atoms with Gasteiger partial charge in [0.25, 0.3) is 5.69 Å². The minimum atomic E-state index is -4.07. The third kappa shape index (κ3) is 1.50. The Morgan fingerprint density at radius 1 is 0.950 bits per heavy atom. The van der Waals surface area contributed by atoms with Crippen LogP contribution in [0.2, 0.25) is 0 Å². The maximum absolute atomic E-state index is 12.5. The van der Waals surface area contributed by atoms with Crippen molar-refractivity contribution in [1.29, 1.82) is 0 Å². The van der Waals surface area contributed by atoms with E-state index in [0.717, 1.165) is 6.07 Å². The molecular weight excluding hydrogens is 282 g/mol. The van der Waals surface area contributed by atoms with Gasteiger partial charge >= 0.3 is 0 Å². The molecule has 0 atom stereocenters. The summed E-state index contributed by atoms with van der Waals surface area (Å²) in [7, 11) is -4.07. The first-order chi connectivity index (χ1) is 9.44. The lowest BCUT2D eigenvalue weighted by atomic mass is 10.0. The lowest BCUT2D eigenvalue weighted by Gasteiger charge is -2.18. The number of nitro groups is 1. The SMILES string of the molecule is O=C1c2ccccc2S(=O)(=O)c2c1cccc2[N+](=O)[O-]. The van der Waals surface area contributed by atoms with Gasteiger partial charge in [0, 0.05) is 17.2 Å². The van der Waals surface area contributed by atoms with Crippen molar-refractivity contribution in [2.24, 2.45) is 0 Å². The van der Waals surface area contributed by atoms with E-state index in [9.17, 15) is 23.3 Å². The molecule has 2 aromatic carbocycles. The second kappa shape index (κ2) is 3.97. The van der Waals surface area contributed by atoms with Crippen LogP contribution in [0.3, 0.4) is 0 Å². The van der Waals surface area contributed by atoms with Crippen LogP contribution in [0.15, 0.2) is 52.3 Å². The number of rotatable bonds is 1. The zero-order valence-corrected chi connectivity index (χ0v) is 10.8. The normalized spacial score (nSPS) is 15.3. The molecule has 0 radical (unpaired) electrons. The highest BCUT2D eigenvalue weighted by molar-refractivity contribution is 7.92. The van der Waals surface area contributed by atoms with Crippen LogP contribution in [0.5, 0.6) is 0 Å². The highest BCUT2D eigenvalue weighted by Crippen LogP contribution is 2.39. The van der Waals surface area contributed by atoms with E-state index in [2.05, 4.69) is 0 Å². The van der Waals surface area contributed by atoms with E-state index in [4.69, 9.17) is 0 Å². The summed E-state index contributed by atoms with van der Waals surface area (Å²) in [4.78, 5) is 21.8. The summed E-state index contributed by atoms with van der Waals surface area (Å²) in [5, 5.41) is 11.0. The van der Waals surface area contributed by atoms with Crippen LogP contribution in [-0.2, 0) is 9.84 Å². The zero-order valence-electron chi connectivity index (χ0n) is 9.94. The van der Waals surface area contributed by atoms with Gasteiger partial charge in [-0.05, 0) is 18.2 Å². The molecule has 6 nitrogen and oxygen atoms in total. The van der Waals surface area contributed by atoms with E-state index in [0.29, 0.717) is 0 Å². The first-order valence-electron chi connectivity index (χ1n) is 5.61. The van der Waals surface area contributed by atoms with Gasteiger partial charge in [-0.2, -0.15) is 0 Å². The molecule has 0 spiro atoms. The Labute approximate surface area is 113 Å². The van der Waals surface area contributed by atoms with Gasteiger partial charge < -0.3 is 0 Å². The topological polar surface area (TPSA) is 94.3 Å². The van der Waals surface area contributed by atoms with Crippen LogP contribution in [-0.4, -0.2) is 19.1 Å². The lowest BCUT2D eigenvalue weighted by molar-refractivity contribution is -0.387. The molecule has 0 N–H and O–H groups in total. The van der Waals surface area contributed by atoms with E-state index in [1.54, 1.807) is 6.07 Å². The van der Waals surface area contributed by atoms with Crippen molar-refractivity contribution < 1.29 is 18.1 Å². The molecule has 3 rings (SSSR count). The van der Waals surface area contributed by atoms with Crippen LogP contribution in [0.25, 0.3) is 0 Å². The van der Waals surface area contributed by atoms with Gasteiger partial charge in [0.05, 0.1) is 9.82 Å². The third-order valence-electron chi connectivity index (χ3n) is 3.13. The summed E-state index contributed by atoms with van der Waals surface area (Å²) < 4.78 is 25.0. The largest absolute Gasteiger partial charge is 0.289 e. The van der Waals surface area contributed by atoms with Gasteiger partial charge in [-0.1, -0.05) is 18.2 Å². The molecule has 2 aromatic rings. The molecule has 100 valence electrons. The molecule has 0 saturated heterocycles. The highest BCUT2D eigenvalue weighted by Gasteiger charge is 2.39. The molecule has 1 aliphatic heterocycles. The summed E-state index contributed by atoms with van der Waals surface area (Å²) in [5.41, 5.74) is -0.691. The van der Waals surface area contributed by atoms with E-state index in [1.165, 1.54) is 30.3 Å². The van der Waals surface area contributed by atoms with Crippen LogP contribution in [0, 0.1) is 10.1 Å². The van der Waals surface area contributed by atoms with E-state index >= 15 is 0 Å². The van der Waals surface area contributed by atoms with E-state index in [1.807, 2.05) is 0 Å². The number of hydrogen-bond donors (Lipinski definition) is 0. The second-order valence-corrected chi connectivity index (χ2v) is 6.09. The van der Waals surface area contributed by atoms with Crippen molar-refractivity contribution in [1.82, 2.24) is 0 Å². The molecule has 1 aliphatic rings. The molecule has 0 aromatic heterocycles. The molecule has 20 heavy (non-hydrogen) atoms. The molecule has 0 bridgehead atoms. The fourth-order valence-corrected chi connectivity index (χ4v) is 4.07. The number of carbonyl (C=O) groups is 1. The highest BCUT2D eigenvalue weighted by atomic mass is 32.2. The summed E-state index contributed by atoms with van der Waals surface area (Å²) in [6, 6.07) is 9.38. The average molecular weight is 289 g/mol. The predicted octanol–water partition coefficient (Wildman–Crippen LogP) is 1.97. The average Bonchev–Trinajstić information content (AvgIpc) is 2.44. The van der Waals surface area contributed by atoms with Crippen molar-refractivity contribution in [3.63, 3.8) is 0 Å². The van der Waals surface area contributed by atoms with Gasteiger partial charge in [-0.25, -0.2) is 8.42 Å². The van der Waals surface area contributed by atoms with Crippen molar-refractivity contribution in [3.05, 3.63) is 63.7 Å². The fraction of sp³-hybridized carbons (Fsp3) is 0. The van der Waals surface area contributed by atoms with Gasteiger partial charge in [0.2, 0.25) is 9.84 Å². The molecule has 0 unspecified atom stereocenters. The summed E-state index contributed by atoms with van der Waals surface area (Å²) in [5.74, 6) is -0.519. The minimum Gasteiger partial charge on any atom is -0.289 e. The van der Waals surface area contributed by atoms with Crippen LogP contribution in [0.4, 0.5) is 5.69 Å². The van der Waals surface area contributed by atoms with Crippen LogP contribution >= 0.6 is 0 Å². The Morgan fingerprint density at radius 3 is 2.30 bits per heavy atom. The molecule has 0 amide bonds. The Balaban J connectivity index is 2.48. The quantitative estimate of drug-likeness (QED) is 0.504. The number of ketones is 1. The van der Waals surface area contributed by atoms with E-state index in [-0.39, 0.29) is 16.0 Å². The monoisotopic (exact) mass is 289 g/mol. The number of nitro benzene ring substituents is 1. The first-order valence-corrected chi connectivity index (χ1v) is 7.09. The summed E-state index contributed by atoms with van der Waals surface area (Å²) in [6.45, 7) is 0. The smallest absolute Gasteiger partial charge is 0.289 e. The molecular formula is C13H7NO5S. The number of benzene rings is 2. The molecule has 7 heteroatoms. The standard InChI is InChI=1S/C13H7NO5S/c15-12-8-4-1-2-7-11(8)20(18,19)13-9(12)5-3-6-10(13)14(16)17/h1-7H. The molecule has 1 heterocycles. The van der Waals surface area contributed by atoms with Crippen molar-refractivity contribution >= 4 is 21.3 Å². The van der Waals surface area contributed by atoms with Gasteiger partial charge in [0.1, 0.15) is 0 Å². The summed E-state index contributed by atoms with van der Waals surface area (Å²) >= 11 is 0. The predicted molar refractivity (Wildman–Crippen MR) is 68.4 cm³/mol. The number of nitrogens with zero attached hydrogens (tertiary/aromatic N) is 1. The van der Waals surface area contributed by atoms with Crippen molar-refractivity contribution in [2.75, 3.05) is 0 Å². The third-order valence-corrected chi connectivity index (χ3v) is 5.03. The van der Waals surface area contributed by atoms with Crippen molar-refractivity contribution in [2.45, 2.75) is 9.79 Å². The Kier molecular flexibility index (Phi) is 2.48. The van der Waals surface area contributed by atoms with Gasteiger partial charge in [-0.15, -0.1) is 0 Å². The Hall–Kier alpha value is -2.54. The molecule has 0 saturated carbocycles. The number of hydrogen-bond acceptors (Lipinski definition) is 5. The molecule has 0 fully saturated rings. The van der Waals surface area contributed by atoms with Crippen LogP contribution < -0.4 is 0 Å². The first kappa shape index (κ1) is 12.5. The zero-order chi connectivity index (χ0) is 14.5. The number of sulfone groups is 1. The number of carbonyl (C=O) groups excluding carboxylic acids is 1. The number of fused-ring (bicyclic) bond motifs is 2. The second-order valence-electron chi connectivity index (χ2n) is 4.24. The summed E-state index contributed by atoms with van der Waals surface area (Å²) in [6.07, 6.45) is 0. The minimum absolute atomic E-state index is 0.0421. The Morgan fingerprint density at radius 2 is 1.60 bits per heavy atom. The van der Waals surface area contributed by atoms with E-state index < -0.39 is 31.1 Å². The molecule has 0 aliphatic carbocycles.